The van der Waals surface area contributed by atoms with Gasteiger partial charge >= 0.3 is 0 Å². The Bertz CT molecular complexity index is 1600. The van der Waals surface area contributed by atoms with Crippen molar-refractivity contribution in [2.45, 2.75) is 50.9 Å². The number of aromatic nitrogens is 4. The lowest BCUT2D eigenvalue weighted by molar-refractivity contribution is -0.119. The molecule has 1 N–H and O–H groups in total. The van der Waals surface area contributed by atoms with Crippen LogP contribution in [0.5, 0.6) is 0 Å². The first-order valence-corrected chi connectivity index (χ1v) is 13.3. The summed E-state index contributed by atoms with van der Waals surface area (Å²) in [6, 6.07) is 21.7. The summed E-state index contributed by atoms with van der Waals surface area (Å²) in [5, 5.41) is 15.3. The molecule has 36 heavy (non-hydrogen) atoms. The van der Waals surface area contributed by atoms with E-state index in [1.165, 1.54) is 11.8 Å². The van der Waals surface area contributed by atoms with E-state index in [0.717, 1.165) is 41.1 Å². The minimum atomic E-state index is -0.135. The van der Waals surface area contributed by atoms with Gasteiger partial charge in [0.15, 0.2) is 5.16 Å². The smallest absolute Gasteiger partial charge is 0.262 e. The summed E-state index contributed by atoms with van der Waals surface area (Å²) >= 11 is 1.33. The van der Waals surface area contributed by atoms with E-state index < -0.39 is 0 Å². The molecule has 3 aromatic carbocycles. The van der Waals surface area contributed by atoms with Crippen molar-refractivity contribution in [1.82, 2.24) is 24.5 Å². The van der Waals surface area contributed by atoms with E-state index >= 15 is 0 Å². The number of carbonyl (C=O) groups is 1. The van der Waals surface area contributed by atoms with E-state index in [1.54, 1.807) is 4.57 Å². The molecule has 5 aromatic rings. The molecule has 0 aliphatic heterocycles. The van der Waals surface area contributed by atoms with Gasteiger partial charge < -0.3 is 5.32 Å². The van der Waals surface area contributed by atoms with Gasteiger partial charge in [0.25, 0.3) is 5.56 Å². The largest absolute Gasteiger partial charge is 0.349 e. The molecule has 8 heteroatoms. The van der Waals surface area contributed by atoms with Gasteiger partial charge in [-0.15, -0.1) is 10.2 Å². The predicted molar refractivity (Wildman–Crippen MR) is 146 cm³/mol. The van der Waals surface area contributed by atoms with Crippen LogP contribution in [0.4, 0.5) is 0 Å². The molecular formula is C28H29N5O2S. The third kappa shape index (κ3) is 4.60. The van der Waals surface area contributed by atoms with Crippen LogP contribution in [-0.4, -0.2) is 30.8 Å². The van der Waals surface area contributed by atoms with Gasteiger partial charge in [-0.1, -0.05) is 86.1 Å². The fourth-order valence-corrected chi connectivity index (χ4v) is 5.42. The molecule has 0 bridgehead atoms. The van der Waals surface area contributed by atoms with Crippen molar-refractivity contribution in [1.29, 1.82) is 0 Å². The summed E-state index contributed by atoms with van der Waals surface area (Å²) in [6.07, 6.45) is 3.00. The normalized spacial score (nSPS) is 12.4. The Kier molecular flexibility index (Phi) is 7.04. The van der Waals surface area contributed by atoms with Crippen LogP contribution in [0, 0.1) is 0 Å². The first-order valence-electron chi connectivity index (χ1n) is 12.3. The molecule has 1 unspecified atom stereocenters. The molecule has 0 spiro atoms. The average Bonchev–Trinajstić information content (AvgIpc) is 3.33. The number of thioether (sulfide) groups is 1. The number of hydrogen-bond acceptors (Lipinski definition) is 5. The molecule has 0 saturated carbocycles. The number of amides is 1. The van der Waals surface area contributed by atoms with Gasteiger partial charge in [0.05, 0.1) is 22.7 Å². The van der Waals surface area contributed by atoms with Crippen LogP contribution in [-0.2, 0) is 11.3 Å². The minimum absolute atomic E-state index is 0.0557. The van der Waals surface area contributed by atoms with E-state index in [4.69, 9.17) is 0 Å². The third-order valence-electron chi connectivity index (χ3n) is 6.46. The Morgan fingerprint density at radius 3 is 2.56 bits per heavy atom. The summed E-state index contributed by atoms with van der Waals surface area (Å²) in [5.41, 5.74) is 1.78. The molecule has 7 nitrogen and oxygen atoms in total. The number of nitrogens with one attached hydrogen (secondary N) is 1. The van der Waals surface area contributed by atoms with Gasteiger partial charge in [0.1, 0.15) is 0 Å². The molecule has 0 saturated heterocycles. The van der Waals surface area contributed by atoms with Crippen molar-refractivity contribution < 1.29 is 4.79 Å². The minimum Gasteiger partial charge on any atom is -0.349 e. The molecule has 0 aliphatic carbocycles. The number of rotatable bonds is 9. The highest BCUT2D eigenvalue weighted by Crippen LogP contribution is 2.25. The van der Waals surface area contributed by atoms with Crippen LogP contribution in [0.1, 0.15) is 44.7 Å². The number of unbranched alkanes of at least 4 members (excludes halogenated alkanes) is 2. The molecule has 1 amide bonds. The lowest BCUT2D eigenvalue weighted by Gasteiger charge is -2.16. The van der Waals surface area contributed by atoms with Crippen LogP contribution in [0.25, 0.3) is 27.5 Å². The van der Waals surface area contributed by atoms with E-state index in [9.17, 15) is 9.59 Å². The van der Waals surface area contributed by atoms with Crippen molar-refractivity contribution in [2.24, 2.45) is 0 Å². The van der Waals surface area contributed by atoms with Crippen LogP contribution in [0.2, 0.25) is 0 Å². The van der Waals surface area contributed by atoms with Crippen molar-refractivity contribution in [2.75, 3.05) is 5.75 Å². The Hall–Kier alpha value is -3.65. The van der Waals surface area contributed by atoms with E-state index in [0.29, 0.717) is 22.9 Å². The molecule has 184 valence electrons. The standard InChI is InChI=1S/C28H29N5O2S/c1-3-4-9-17-32-26(35)23-14-7-8-16-24(23)33-27(32)30-31-28(33)36-18-25(34)29-19(2)21-15-10-12-20-11-5-6-13-22(20)21/h5-8,10-16,19H,3-4,9,17-18H2,1-2H3,(H,29,34). The van der Waals surface area contributed by atoms with Crippen molar-refractivity contribution >= 4 is 45.1 Å². The van der Waals surface area contributed by atoms with Crippen LogP contribution >= 0.6 is 11.8 Å². The highest BCUT2D eigenvalue weighted by Gasteiger charge is 2.18. The maximum atomic E-state index is 13.2. The quantitative estimate of drug-likeness (QED) is 0.218. The molecule has 2 aromatic heterocycles. The SMILES string of the molecule is CCCCCn1c(=O)c2ccccc2n2c(SCC(=O)NC(C)c3cccc4ccccc34)nnc12. The van der Waals surface area contributed by atoms with Gasteiger partial charge in [-0.05, 0) is 41.8 Å². The maximum Gasteiger partial charge on any atom is 0.262 e. The maximum absolute atomic E-state index is 13.2. The Morgan fingerprint density at radius 1 is 0.972 bits per heavy atom. The third-order valence-corrected chi connectivity index (χ3v) is 7.39. The second-order valence-electron chi connectivity index (χ2n) is 8.95. The van der Waals surface area contributed by atoms with Crippen molar-refractivity contribution in [3.8, 4) is 0 Å². The van der Waals surface area contributed by atoms with E-state index in [1.807, 2.05) is 53.8 Å². The highest BCUT2D eigenvalue weighted by molar-refractivity contribution is 7.99. The summed E-state index contributed by atoms with van der Waals surface area (Å²) in [5.74, 6) is 0.624. The molecule has 0 aliphatic rings. The average molecular weight is 500 g/mol. The topological polar surface area (TPSA) is 81.3 Å². The van der Waals surface area contributed by atoms with Crippen molar-refractivity contribution in [3.05, 3.63) is 82.6 Å². The Morgan fingerprint density at radius 2 is 1.72 bits per heavy atom. The second kappa shape index (κ2) is 10.5. The zero-order valence-electron chi connectivity index (χ0n) is 20.5. The van der Waals surface area contributed by atoms with Gasteiger partial charge in [-0.3, -0.25) is 18.6 Å². The molecular weight excluding hydrogens is 470 g/mol. The number of fused-ring (bicyclic) bond motifs is 4. The van der Waals surface area contributed by atoms with E-state index in [2.05, 4.69) is 46.7 Å². The van der Waals surface area contributed by atoms with Gasteiger partial charge in [0, 0.05) is 6.54 Å². The Balaban J connectivity index is 1.39. The molecule has 5 rings (SSSR count). The molecule has 0 fully saturated rings. The number of nitrogens with zero attached hydrogens (tertiary/aromatic N) is 4. The lowest BCUT2D eigenvalue weighted by Crippen LogP contribution is -2.28. The summed E-state index contributed by atoms with van der Waals surface area (Å²) < 4.78 is 3.60. The fourth-order valence-electron chi connectivity index (χ4n) is 4.67. The monoisotopic (exact) mass is 499 g/mol. The van der Waals surface area contributed by atoms with Crippen LogP contribution in [0.3, 0.4) is 0 Å². The van der Waals surface area contributed by atoms with Crippen LogP contribution in [0.15, 0.2) is 76.7 Å². The fraction of sp³-hybridized carbons (Fsp3) is 0.286. The number of para-hydroxylation sites is 1. The zero-order chi connectivity index (χ0) is 25.1. The molecule has 2 heterocycles. The Labute approximate surface area is 213 Å². The van der Waals surface area contributed by atoms with Gasteiger partial charge in [-0.25, -0.2) is 0 Å². The first kappa shape index (κ1) is 24.1. The van der Waals surface area contributed by atoms with Gasteiger partial charge in [-0.2, -0.15) is 0 Å². The first-order chi connectivity index (χ1) is 17.6. The van der Waals surface area contributed by atoms with E-state index in [-0.39, 0.29) is 23.3 Å². The zero-order valence-corrected chi connectivity index (χ0v) is 21.3. The number of hydrogen-bond donors (Lipinski definition) is 1. The summed E-state index contributed by atoms with van der Waals surface area (Å²) in [4.78, 5) is 26.1. The summed E-state index contributed by atoms with van der Waals surface area (Å²) in [7, 11) is 0. The second-order valence-corrected chi connectivity index (χ2v) is 9.89. The van der Waals surface area contributed by atoms with Gasteiger partial charge in [0.2, 0.25) is 11.7 Å². The lowest BCUT2D eigenvalue weighted by atomic mass is 10.00. The van der Waals surface area contributed by atoms with Crippen molar-refractivity contribution in [3.63, 3.8) is 0 Å². The number of benzene rings is 3. The number of aryl methyl sites for hydroxylation is 1. The predicted octanol–water partition coefficient (Wildman–Crippen LogP) is 5.36. The number of carbonyl (C=O) groups excluding carboxylic acids is 1. The molecule has 1 atom stereocenters. The summed E-state index contributed by atoms with van der Waals surface area (Å²) in [6.45, 7) is 4.73. The highest BCUT2D eigenvalue weighted by atomic mass is 32.2. The van der Waals surface area contributed by atoms with Crippen LogP contribution < -0.4 is 10.9 Å². The molecule has 0 radical (unpaired) electrons.